The lowest BCUT2D eigenvalue weighted by molar-refractivity contribution is 0.443. The lowest BCUT2D eigenvalue weighted by atomic mass is 11.0. The lowest BCUT2D eigenvalue weighted by Crippen LogP contribution is -2.22. The third kappa shape index (κ3) is 0.777. The molecule has 16 heteroatoms. The van der Waals surface area contributed by atoms with E-state index in [0.29, 0.717) is 0 Å². The van der Waals surface area contributed by atoms with Crippen LogP contribution >= 0.6 is 0 Å². The molecule has 20 heavy (non-hydrogen) atoms. The van der Waals surface area contributed by atoms with Gasteiger partial charge in [0.2, 0.25) is 0 Å². The fourth-order valence-electron chi connectivity index (χ4n) is 4.61. The monoisotopic (exact) mass is 388 g/mol. The normalized spacial score (nSPS) is 49.8. The molecule has 0 heterocycles. The Bertz CT molecular complexity index is 391. The topological polar surface area (TPSA) is 0 Å². The van der Waals surface area contributed by atoms with E-state index < -0.39 is 56.5 Å². The molecule has 4 saturated carbocycles. The molecule has 0 spiro atoms. The van der Waals surface area contributed by atoms with Crippen LogP contribution in [-0.4, -0.2) is 36.3 Å². The molecule has 0 aliphatic heterocycles. The Hall–Kier alpha value is 0.0275. The van der Waals surface area contributed by atoms with Crippen LogP contribution in [0.1, 0.15) is 0 Å². The van der Waals surface area contributed by atoms with Crippen LogP contribution in [-0.2, 0) is 0 Å². The molecule has 116 valence electrons. The zero-order valence-electron chi connectivity index (χ0n) is 8.54. The van der Waals surface area contributed by atoms with Crippen molar-refractivity contribution < 1.29 is 49.3 Å². The van der Waals surface area contributed by atoms with Crippen LogP contribution in [0, 0.1) is 0 Å². The van der Waals surface area contributed by atoms with Gasteiger partial charge in [-0.1, -0.05) is 0 Å². The molecule has 4 aliphatic rings. The summed E-state index contributed by atoms with van der Waals surface area (Å²) in [5.41, 5.74) is 0. The minimum atomic E-state index is -7.74. The Morgan fingerprint density at radius 2 is 0.400 bits per heavy atom. The Kier molecular flexibility index (Phi) is 2.00. The van der Waals surface area contributed by atoms with Crippen LogP contribution in [0.25, 0.3) is 0 Å². The van der Waals surface area contributed by atoms with Gasteiger partial charge in [0.1, 0.15) is 0 Å². The highest BCUT2D eigenvalue weighted by atomic mass is 28.5. The Morgan fingerprint density at radius 1 is 0.300 bits per heavy atom. The van der Waals surface area contributed by atoms with Crippen molar-refractivity contribution in [3.63, 3.8) is 0 Å². The second kappa shape index (κ2) is 2.68. The van der Waals surface area contributed by atoms with Crippen LogP contribution < -0.4 is 0 Å². The zero-order valence-corrected chi connectivity index (χ0v) is 12.5. The van der Waals surface area contributed by atoms with Crippen LogP contribution in [0.5, 0.6) is 0 Å². The number of halogens is 12. The fourth-order valence-corrected chi connectivity index (χ4v) is 20.1. The molecule has 0 N–H and O–H groups in total. The molecule has 0 amide bonds. The number of hydrogen-bond acceptors (Lipinski definition) is 0. The van der Waals surface area contributed by atoms with E-state index in [1.807, 2.05) is 0 Å². The Labute approximate surface area is 106 Å². The zero-order chi connectivity index (χ0) is 16.0. The van der Waals surface area contributed by atoms with Crippen molar-refractivity contribution in [2.45, 2.75) is 20.2 Å². The summed E-state index contributed by atoms with van der Waals surface area (Å²) in [6.45, 7) is 0. The largest absolute Gasteiger partial charge is 0.624 e. The van der Waals surface area contributed by atoms with E-state index in [-0.39, 0.29) is 0 Å². The molecule has 0 aromatic carbocycles. The van der Waals surface area contributed by atoms with Gasteiger partial charge in [0.25, 0.3) is 0 Å². The molecule has 4 fully saturated rings. The van der Waals surface area contributed by atoms with Gasteiger partial charge < -0.3 is 0 Å². The minimum absolute atomic E-state index is 4.47. The molecule has 4 rings (SSSR count). The summed E-state index contributed by atoms with van der Waals surface area (Å²) in [4.78, 5) is 0. The summed E-state index contributed by atoms with van der Waals surface area (Å²) >= 11 is 0. The van der Waals surface area contributed by atoms with Crippen molar-refractivity contribution >= 4 is 36.3 Å². The molecule has 0 atom stereocenters. The first-order valence-corrected chi connectivity index (χ1v) is 11.3. The van der Waals surface area contributed by atoms with Gasteiger partial charge in [0.05, 0.1) is 20.2 Å². The predicted molar refractivity (Wildman–Crippen MR) is 47.1 cm³/mol. The quantitative estimate of drug-likeness (QED) is 0.381. The van der Waals surface area contributed by atoms with Crippen molar-refractivity contribution in [1.29, 1.82) is 0 Å². The second-order valence-electron chi connectivity index (χ2n) is 4.99. The van der Waals surface area contributed by atoms with Crippen molar-refractivity contribution in [3.05, 3.63) is 0 Å². The van der Waals surface area contributed by atoms with Gasteiger partial charge in [0.15, 0.2) is 0 Å². The molecular weight excluding hydrogens is 388 g/mol. The molecule has 0 aromatic heterocycles. The smallest absolute Gasteiger partial charge is 0.237 e. The van der Waals surface area contributed by atoms with Crippen molar-refractivity contribution in [3.8, 4) is 0 Å². The first-order chi connectivity index (χ1) is 8.50. The first kappa shape index (κ1) is 14.9. The van der Waals surface area contributed by atoms with E-state index in [1.54, 1.807) is 0 Å². The minimum Gasteiger partial charge on any atom is -0.237 e. The second-order valence-corrected chi connectivity index (χ2v) is 12.0. The molecule has 0 aromatic rings. The number of rotatable bonds is 4. The van der Waals surface area contributed by atoms with Crippen molar-refractivity contribution in [1.82, 2.24) is 0 Å². The average molecular weight is 388 g/mol. The summed E-state index contributed by atoms with van der Waals surface area (Å²) < 4.78 is 153. The molecule has 0 saturated heterocycles. The van der Waals surface area contributed by atoms with Crippen LogP contribution in [0.4, 0.5) is 49.3 Å². The third-order valence-corrected chi connectivity index (χ3v) is 14.2. The molecular formula is C4F12Si4. The van der Waals surface area contributed by atoms with Crippen LogP contribution in [0.15, 0.2) is 0 Å². The van der Waals surface area contributed by atoms with Gasteiger partial charge in [-0.2, -0.15) is 0 Å². The SMILES string of the molecule is F[Si](F)(F)C12C3([Si](F)(F)F)C1([Si](F)(F)F)C23[Si](F)(F)F. The van der Waals surface area contributed by atoms with Gasteiger partial charge >= 0.3 is 36.3 Å². The van der Waals surface area contributed by atoms with Gasteiger partial charge in [-0.3, -0.25) is 0 Å². The summed E-state index contributed by atoms with van der Waals surface area (Å²) in [5, 5.41) is -17.9. The summed E-state index contributed by atoms with van der Waals surface area (Å²) in [6, 6.07) is 0. The van der Waals surface area contributed by atoms with Crippen LogP contribution in [0.3, 0.4) is 0 Å². The van der Waals surface area contributed by atoms with E-state index in [1.165, 1.54) is 0 Å². The van der Waals surface area contributed by atoms with E-state index in [9.17, 15) is 49.3 Å². The van der Waals surface area contributed by atoms with Gasteiger partial charge in [-0.05, 0) is 0 Å². The maximum atomic E-state index is 12.7. The third-order valence-electron chi connectivity index (χ3n) is 4.83. The Morgan fingerprint density at radius 3 is 0.450 bits per heavy atom. The highest BCUT2D eigenvalue weighted by Crippen LogP contribution is 3.56. The molecule has 0 unspecified atom stereocenters. The predicted octanol–water partition coefficient (Wildman–Crippen LogP) is 4.38. The Balaban J connectivity index is 2.26. The summed E-state index contributed by atoms with van der Waals surface area (Å²) in [7, 11) is -31.0. The standard InChI is InChI=1S/C4F12Si4/c5-17(6,7)1-2(18(8,9)10)3(1,19(11,12)13)4(1,2)20(14,15)16. The molecule has 0 nitrogen and oxygen atoms in total. The summed E-state index contributed by atoms with van der Waals surface area (Å²) in [5.74, 6) is 0. The van der Waals surface area contributed by atoms with Gasteiger partial charge in [0, 0.05) is 0 Å². The first-order valence-electron chi connectivity index (χ1n) is 4.77. The molecule has 0 radical (unpaired) electrons. The van der Waals surface area contributed by atoms with E-state index >= 15 is 0 Å². The van der Waals surface area contributed by atoms with Crippen molar-refractivity contribution in [2.75, 3.05) is 0 Å². The maximum absolute atomic E-state index is 12.7. The van der Waals surface area contributed by atoms with Crippen molar-refractivity contribution in [2.24, 2.45) is 0 Å². The maximum Gasteiger partial charge on any atom is 0.624 e. The van der Waals surface area contributed by atoms with Crippen LogP contribution in [0.2, 0.25) is 20.2 Å². The van der Waals surface area contributed by atoms with Gasteiger partial charge in [-0.15, -0.1) is 0 Å². The molecule has 4 aliphatic carbocycles. The number of hydrogen-bond donors (Lipinski definition) is 0. The average Bonchev–Trinajstić information content (AvgIpc) is 2.93. The molecule has 0 bridgehead atoms. The van der Waals surface area contributed by atoms with E-state index in [4.69, 9.17) is 0 Å². The summed E-state index contributed by atoms with van der Waals surface area (Å²) in [6.07, 6.45) is 0. The highest BCUT2D eigenvalue weighted by Gasteiger charge is 3.56. The van der Waals surface area contributed by atoms with Gasteiger partial charge in [-0.25, -0.2) is 49.3 Å². The highest BCUT2D eigenvalue weighted by molar-refractivity contribution is 7.03. The fraction of sp³-hybridized carbons (Fsp3) is 1.00. The van der Waals surface area contributed by atoms with E-state index in [2.05, 4.69) is 0 Å². The van der Waals surface area contributed by atoms with E-state index in [0.717, 1.165) is 0 Å². The lowest BCUT2D eigenvalue weighted by Gasteiger charge is -2.00.